The molecule has 246 valence electrons. The number of rotatable bonds is 13. The molecule has 3 unspecified atom stereocenters. The molecule has 0 radical (unpaired) electrons. The fraction of sp³-hybridized carbons (Fsp3) is 0.500. The van der Waals surface area contributed by atoms with E-state index >= 15 is 0 Å². The lowest BCUT2D eigenvalue weighted by molar-refractivity contribution is -0.172. The van der Waals surface area contributed by atoms with Crippen LogP contribution in [-0.4, -0.2) is 120 Å². The van der Waals surface area contributed by atoms with E-state index < -0.39 is 74.5 Å². The van der Waals surface area contributed by atoms with Gasteiger partial charge in [0.25, 0.3) is 0 Å². The number of carboxylic acid groups (broad SMARTS) is 2. The number of aliphatic hydroxyl groups excluding tert-OH is 2. The molecule has 0 aromatic carbocycles. The normalized spacial score (nSPS) is 13.6. The second-order valence-corrected chi connectivity index (χ2v) is 8.21. The maximum Gasteiger partial charge on any atom is 0.417 e. The zero-order chi connectivity index (χ0) is 33.0. The van der Waals surface area contributed by atoms with Crippen molar-refractivity contribution in [1.82, 2.24) is 0 Å². The van der Waals surface area contributed by atoms with Gasteiger partial charge in [-0.2, -0.15) is 0 Å². The van der Waals surface area contributed by atoms with E-state index in [1.165, 1.54) is 13.8 Å². The summed E-state index contributed by atoms with van der Waals surface area (Å²) in [4.78, 5) is 73.8. The highest BCUT2D eigenvalue weighted by atomic mass is 16.6. The van der Waals surface area contributed by atoms with Crippen molar-refractivity contribution >= 4 is 41.8 Å². The SMILES string of the molecule is C.C=C(C)C(=O)OCC(O)COC(=O)C(=O)OCC(O)COC(=O)C(=C)C.C=C(C)C(=O)OCC1CO1.O=C(O)C(=O)O.[2HH]. The van der Waals surface area contributed by atoms with Gasteiger partial charge in [0.1, 0.15) is 51.3 Å². The summed E-state index contributed by atoms with van der Waals surface area (Å²) >= 11 is 0. The summed E-state index contributed by atoms with van der Waals surface area (Å²) in [5.41, 5.74) is 0.691. The zero-order valence-electron chi connectivity index (χ0n) is 23.2. The summed E-state index contributed by atoms with van der Waals surface area (Å²) in [6, 6.07) is 0. The number of carbonyl (C=O) groups is 7. The Balaban J connectivity index is -0.000000363. The van der Waals surface area contributed by atoms with Crippen molar-refractivity contribution in [2.45, 2.75) is 46.5 Å². The van der Waals surface area contributed by atoms with Crippen LogP contribution in [0.4, 0.5) is 0 Å². The highest BCUT2D eigenvalue weighted by Crippen LogP contribution is 2.09. The lowest BCUT2D eigenvalue weighted by Gasteiger charge is -2.13. The van der Waals surface area contributed by atoms with E-state index in [-0.39, 0.29) is 32.1 Å². The molecule has 17 nitrogen and oxygen atoms in total. The van der Waals surface area contributed by atoms with Gasteiger partial charge in [-0.25, -0.2) is 33.6 Å². The van der Waals surface area contributed by atoms with Crippen molar-refractivity contribution in [1.29, 1.82) is 0 Å². The number of esters is 5. The fourth-order valence-electron chi connectivity index (χ4n) is 1.60. The Morgan fingerprint density at radius 3 is 1.14 bits per heavy atom. The van der Waals surface area contributed by atoms with Crippen molar-refractivity contribution in [3.8, 4) is 0 Å². The van der Waals surface area contributed by atoms with Crippen LogP contribution in [0.2, 0.25) is 0 Å². The van der Waals surface area contributed by atoms with Gasteiger partial charge in [0.05, 0.1) is 6.61 Å². The number of hydrogen-bond donors (Lipinski definition) is 4. The van der Waals surface area contributed by atoms with Gasteiger partial charge in [0.15, 0.2) is 0 Å². The molecule has 4 N–H and O–H groups in total. The van der Waals surface area contributed by atoms with Gasteiger partial charge in [-0.05, 0) is 20.8 Å². The average molecular weight is 626 g/mol. The summed E-state index contributed by atoms with van der Waals surface area (Å²) in [5, 5.41) is 33.7. The van der Waals surface area contributed by atoms with Crippen molar-refractivity contribution in [2.75, 3.05) is 39.6 Å². The van der Waals surface area contributed by atoms with E-state index in [1.807, 2.05) is 0 Å². The molecule has 0 saturated carbocycles. The number of hydrogen-bond acceptors (Lipinski definition) is 15. The molecular formula is C26H40O17. The van der Waals surface area contributed by atoms with E-state index in [4.69, 9.17) is 29.3 Å². The molecule has 17 heteroatoms. The topological polar surface area (TPSA) is 259 Å². The third-order valence-electron chi connectivity index (χ3n) is 3.82. The van der Waals surface area contributed by atoms with Crippen LogP contribution in [-0.2, 0) is 62.0 Å². The van der Waals surface area contributed by atoms with E-state index in [1.54, 1.807) is 6.92 Å². The summed E-state index contributed by atoms with van der Waals surface area (Å²) in [6.45, 7) is 13.5. The minimum absolute atomic E-state index is 0. The van der Waals surface area contributed by atoms with Crippen LogP contribution in [0, 0.1) is 0 Å². The van der Waals surface area contributed by atoms with Crippen LogP contribution in [0.1, 0.15) is 29.6 Å². The van der Waals surface area contributed by atoms with E-state index in [2.05, 4.69) is 38.7 Å². The predicted octanol–water partition coefficient (Wildman–Crippen LogP) is -0.425. The molecule has 1 aliphatic heterocycles. The minimum Gasteiger partial charge on any atom is -0.473 e. The Labute approximate surface area is 248 Å². The second kappa shape index (κ2) is 23.0. The maximum absolute atomic E-state index is 11.4. The first-order valence-corrected chi connectivity index (χ1v) is 11.6. The Morgan fingerprint density at radius 2 is 0.907 bits per heavy atom. The highest BCUT2D eigenvalue weighted by Gasteiger charge is 2.24. The third kappa shape index (κ3) is 24.9. The molecular weight excluding hydrogens is 584 g/mol. The quantitative estimate of drug-likeness (QED) is 0.0665. The number of carboxylic acids is 2. The molecule has 0 spiro atoms. The average Bonchev–Trinajstić information content (AvgIpc) is 3.75. The Morgan fingerprint density at radius 1 is 0.651 bits per heavy atom. The zero-order valence-corrected chi connectivity index (χ0v) is 23.2. The molecule has 1 saturated heterocycles. The molecule has 1 aliphatic rings. The number of carbonyl (C=O) groups excluding carboxylic acids is 5. The van der Waals surface area contributed by atoms with Gasteiger partial charge in [0, 0.05) is 18.1 Å². The molecule has 1 fully saturated rings. The number of ether oxygens (including phenoxy) is 6. The molecule has 43 heavy (non-hydrogen) atoms. The van der Waals surface area contributed by atoms with Crippen LogP contribution in [0.3, 0.4) is 0 Å². The number of epoxide rings is 1. The Kier molecular flexibility index (Phi) is 22.9. The molecule has 1 heterocycles. The van der Waals surface area contributed by atoms with Crippen molar-refractivity contribution in [2.24, 2.45) is 0 Å². The predicted molar refractivity (Wildman–Crippen MR) is 145 cm³/mol. The smallest absolute Gasteiger partial charge is 0.417 e. The summed E-state index contributed by atoms with van der Waals surface area (Å²) in [6.07, 6.45) is -2.55. The second-order valence-electron chi connectivity index (χ2n) is 8.21. The molecule has 3 atom stereocenters. The molecule has 0 amide bonds. The minimum atomic E-state index is -1.82. The van der Waals surface area contributed by atoms with Crippen LogP contribution in [0.25, 0.3) is 0 Å². The number of aliphatic hydroxyl groups is 2. The molecule has 0 aromatic heterocycles. The van der Waals surface area contributed by atoms with Crippen LogP contribution >= 0.6 is 0 Å². The van der Waals surface area contributed by atoms with Crippen molar-refractivity contribution < 1.29 is 83.8 Å². The van der Waals surface area contributed by atoms with Crippen LogP contribution in [0.15, 0.2) is 36.5 Å². The molecule has 0 aliphatic carbocycles. The molecule has 1 rings (SSSR count). The van der Waals surface area contributed by atoms with Gasteiger partial charge >= 0.3 is 41.8 Å². The Bertz CT molecular complexity index is 970. The first-order chi connectivity index (χ1) is 19.4. The Hall–Kier alpha value is -4.61. The van der Waals surface area contributed by atoms with Gasteiger partial charge in [-0.3, -0.25) is 0 Å². The van der Waals surface area contributed by atoms with Crippen LogP contribution in [0.5, 0.6) is 0 Å². The van der Waals surface area contributed by atoms with Crippen molar-refractivity contribution in [3.63, 3.8) is 0 Å². The molecule has 0 bridgehead atoms. The molecule has 0 aromatic rings. The third-order valence-corrected chi connectivity index (χ3v) is 3.82. The standard InChI is InChI=1S/C16H22O10.C7H10O3.C2H2O4.CH4.H2/c1-9(2)13(19)23-5-11(17)7-25-15(21)16(22)26-8-12(18)6-24-14(20)10(3)4;1-5(2)7(8)10-4-6-3-9-6;3-1(4)2(5)6;;/h11-12,17-18H,1,3,5-8H2,2,4H3;6H,1,3-4H2,2H3;(H,3,4)(H,5,6);1H4;1H/i;;;;1+1. The summed E-state index contributed by atoms with van der Waals surface area (Å²) in [5.74, 6) is -8.27. The monoisotopic (exact) mass is 625 g/mol. The highest BCUT2D eigenvalue weighted by molar-refractivity contribution is 6.29. The van der Waals surface area contributed by atoms with Gasteiger partial charge in [0.2, 0.25) is 0 Å². The number of aliphatic carboxylic acids is 2. The van der Waals surface area contributed by atoms with E-state index in [0.717, 1.165) is 0 Å². The lowest BCUT2D eigenvalue weighted by Crippen LogP contribution is -2.31. The fourth-order valence-corrected chi connectivity index (χ4v) is 1.60. The van der Waals surface area contributed by atoms with Gasteiger partial charge in [-0.15, -0.1) is 0 Å². The summed E-state index contributed by atoms with van der Waals surface area (Å²) in [7, 11) is 0. The van der Waals surface area contributed by atoms with Crippen molar-refractivity contribution in [3.05, 3.63) is 36.5 Å². The first kappa shape index (κ1) is 42.9. The lowest BCUT2D eigenvalue weighted by atomic mass is 10.3. The maximum atomic E-state index is 11.4. The van der Waals surface area contributed by atoms with Crippen LogP contribution < -0.4 is 0 Å². The summed E-state index contributed by atoms with van der Waals surface area (Å²) < 4.78 is 27.8. The largest absolute Gasteiger partial charge is 0.473 e. The first-order valence-electron chi connectivity index (χ1n) is 11.6. The van der Waals surface area contributed by atoms with E-state index in [9.17, 15) is 34.2 Å². The van der Waals surface area contributed by atoms with E-state index in [0.29, 0.717) is 18.8 Å². The van der Waals surface area contributed by atoms with Gasteiger partial charge in [-0.1, -0.05) is 27.2 Å². The van der Waals surface area contributed by atoms with Gasteiger partial charge < -0.3 is 48.8 Å².